The summed E-state index contributed by atoms with van der Waals surface area (Å²) in [6, 6.07) is 6.84. The minimum atomic E-state index is -3.08. The number of alkyl halides is 2. The second kappa shape index (κ2) is 8.39. The van der Waals surface area contributed by atoms with Crippen molar-refractivity contribution in [1.82, 2.24) is 9.38 Å². The summed E-state index contributed by atoms with van der Waals surface area (Å²) in [5.41, 5.74) is 2.28. The fourth-order valence-electron chi connectivity index (χ4n) is 3.45. The molecule has 160 valence electrons. The van der Waals surface area contributed by atoms with E-state index >= 15 is 0 Å². The highest BCUT2D eigenvalue weighted by atomic mass is 19.3. The molecule has 0 bridgehead atoms. The van der Waals surface area contributed by atoms with Gasteiger partial charge in [-0.15, -0.1) is 0 Å². The lowest BCUT2D eigenvalue weighted by molar-refractivity contribution is -0.0501. The third-order valence-corrected chi connectivity index (χ3v) is 4.86. The summed E-state index contributed by atoms with van der Waals surface area (Å²) >= 11 is 0. The Morgan fingerprint density at radius 2 is 1.93 bits per heavy atom. The fourth-order valence-corrected chi connectivity index (χ4v) is 3.45. The molecule has 1 aromatic carbocycles. The Bertz CT molecular complexity index is 1080. The van der Waals surface area contributed by atoms with E-state index in [-0.39, 0.29) is 17.1 Å². The number of hydrogen-bond donors (Lipinski definition) is 0. The Labute approximate surface area is 173 Å². The second-order valence-electron chi connectivity index (χ2n) is 7.22. The van der Waals surface area contributed by atoms with E-state index in [1.807, 2.05) is 43.5 Å². The van der Waals surface area contributed by atoms with Crippen molar-refractivity contribution < 1.29 is 27.8 Å². The molecule has 8 heteroatoms. The van der Waals surface area contributed by atoms with Gasteiger partial charge in [-0.3, -0.25) is 9.20 Å². The van der Waals surface area contributed by atoms with Gasteiger partial charge >= 0.3 is 6.61 Å². The molecule has 0 aliphatic carbocycles. The number of benzene rings is 1. The highest BCUT2D eigenvalue weighted by molar-refractivity contribution is 6.00. The Balaban J connectivity index is 2.14. The summed E-state index contributed by atoms with van der Waals surface area (Å²) in [4.78, 5) is 16.4. The molecule has 0 atom stereocenters. The first kappa shape index (κ1) is 21.7. The Hall–Kier alpha value is -3.00. The first-order valence-electron chi connectivity index (χ1n) is 9.47. The molecular weight excluding hydrogens is 394 g/mol. The van der Waals surface area contributed by atoms with Gasteiger partial charge in [-0.05, 0) is 57.5 Å². The number of hydrogen-bond acceptors (Lipinski definition) is 5. The quantitative estimate of drug-likeness (QED) is 0.477. The molecule has 0 saturated carbocycles. The minimum Gasteiger partial charge on any atom is -0.496 e. The lowest BCUT2D eigenvalue weighted by Gasteiger charge is -2.25. The number of ether oxygens (including phenoxy) is 3. The van der Waals surface area contributed by atoms with Crippen LogP contribution in [0.5, 0.6) is 11.5 Å². The van der Waals surface area contributed by atoms with Crippen LogP contribution >= 0.6 is 0 Å². The number of halogens is 2. The monoisotopic (exact) mass is 418 g/mol. The van der Waals surface area contributed by atoms with E-state index in [2.05, 4.69) is 9.72 Å². The van der Waals surface area contributed by atoms with Gasteiger partial charge in [-0.1, -0.05) is 0 Å². The van der Waals surface area contributed by atoms with Crippen LogP contribution in [0.2, 0.25) is 0 Å². The fraction of sp³-hybridized carbons (Fsp3) is 0.364. The van der Waals surface area contributed by atoms with Gasteiger partial charge < -0.3 is 14.2 Å². The van der Waals surface area contributed by atoms with Gasteiger partial charge in [-0.25, -0.2) is 4.98 Å². The van der Waals surface area contributed by atoms with Gasteiger partial charge in [0.1, 0.15) is 22.7 Å². The van der Waals surface area contributed by atoms with Gasteiger partial charge in [-0.2, -0.15) is 8.78 Å². The molecule has 0 N–H and O–H groups in total. The number of rotatable bonds is 8. The topological polar surface area (TPSA) is 62.1 Å². The standard InChI is InChI=1S/C22H24F2N2O4/c1-6-29-22(3,4)15-7-8-26-16(12-25-19(26)11-15)14-9-17(28-5)20(13(2)27)18(10-14)30-21(23)24/h7-12,21H,6H2,1-5H3. The molecule has 0 saturated heterocycles. The van der Waals surface area contributed by atoms with Crippen LogP contribution in [-0.4, -0.2) is 35.5 Å². The van der Waals surface area contributed by atoms with E-state index in [1.54, 1.807) is 12.3 Å². The molecule has 0 radical (unpaired) electrons. The second-order valence-corrected chi connectivity index (χ2v) is 7.22. The summed E-state index contributed by atoms with van der Waals surface area (Å²) in [5, 5.41) is 0. The molecule has 2 heterocycles. The number of ketones is 1. The molecular formula is C22H24F2N2O4. The van der Waals surface area contributed by atoms with Crippen LogP contribution in [0.25, 0.3) is 16.9 Å². The van der Waals surface area contributed by atoms with E-state index in [4.69, 9.17) is 9.47 Å². The highest BCUT2D eigenvalue weighted by Crippen LogP contribution is 2.37. The van der Waals surface area contributed by atoms with E-state index in [9.17, 15) is 13.6 Å². The predicted octanol–water partition coefficient (Wildman–Crippen LogP) is 5.09. The predicted molar refractivity (Wildman–Crippen MR) is 108 cm³/mol. The molecule has 0 fully saturated rings. The molecule has 6 nitrogen and oxygen atoms in total. The van der Waals surface area contributed by atoms with E-state index in [0.717, 1.165) is 5.56 Å². The molecule has 0 aliphatic heterocycles. The third-order valence-electron chi connectivity index (χ3n) is 4.86. The number of carbonyl (C=O) groups excluding carboxylic acids is 1. The molecule has 0 spiro atoms. The van der Waals surface area contributed by atoms with E-state index < -0.39 is 18.0 Å². The van der Waals surface area contributed by atoms with Crippen LogP contribution in [0.1, 0.15) is 43.6 Å². The average molecular weight is 418 g/mol. The van der Waals surface area contributed by atoms with Crippen molar-refractivity contribution in [3.05, 3.63) is 47.8 Å². The summed E-state index contributed by atoms with van der Waals surface area (Å²) in [6.45, 7) is 4.66. The van der Waals surface area contributed by atoms with Gasteiger partial charge in [0.25, 0.3) is 0 Å². The molecule has 3 rings (SSSR count). The van der Waals surface area contributed by atoms with Crippen LogP contribution in [0.4, 0.5) is 8.78 Å². The van der Waals surface area contributed by atoms with E-state index in [0.29, 0.717) is 23.5 Å². The molecule has 0 unspecified atom stereocenters. The van der Waals surface area contributed by atoms with Gasteiger partial charge in [0.15, 0.2) is 5.78 Å². The largest absolute Gasteiger partial charge is 0.496 e. The molecule has 0 amide bonds. The maximum Gasteiger partial charge on any atom is 0.387 e. The summed E-state index contributed by atoms with van der Waals surface area (Å²) in [7, 11) is 1.37. The van der Waals surface area contributed by atoms with Crippen molar-refractivity contribution in [2.24, 2.45) is 0 Å². The average Bonchev–Trinajstić information content (AvgIpc) is 3.09. The van der Waals surface area contributed by atoms with Crippen LogP contribution in [0.3, 0.4) is 0 Å². The minimum absolute atomic E-state index is 0.0314. The number of imidazole rings is 1. The zero-order valence-electron chi connectivity index (χ0n) is 17.5. The Kier molecular flexibility index (Phi) is 6.07. The molecule has 30 heavy (non-hydrogen) atoms. The lowest BCUT2D eigenvalue weighted by Crippen LogP contribution is -2.21. The van der Waals surface area contributed by atoms with Gasteiger partial charge in [0.05, 0.1) is 24.6 Å². The van der Waals surface area contributed by atoms with Crippen molar-refractivity contribution in [3.63, 3.8) is 0 Å². The van der Waals surface area contributed by atoms with Crippen LogP contribution < -0.4 is 9.47 Å². The van der Waals surface area contributed by atoms with Crippen LogP contribution in [0, 0.1) is 0 Å². The number of Topliss-reactive ketones (excluding diaryl/α,β-unsaturated/α-hetero) is 1. The number of nitrogens with zero attached hydrogens (tertiary/aromatic N) is 2. The summed E-state index contributed by atoms with van der Waals surface area (Å²) < 4.78 is 43.4. The smallest absolute Gasteiger partial charge is 0.387 e. The third kappa shape index (κ3) is 4.14. The van der Waals surface area contributed by atoms with Crippen LogP contribution in [-0.2, 0) is 10.3 Å². The zero-order chi connectivity index (χ0) is 22.1. The van der Waals surface area contributed by atoms with Crippen molar-refractivity contribution in [2.75, 3.05) is 13.7 Å². The highest BCUT2D eigenvalue weighted by Gasteiger charge is 2.23. The first-order valence-corrected chi connectivity index (χ1v) is 9.47. The van der Waals surface area contributed by atoms with Crippen molar-refractivity contribution >= 4 is 11.4 Å². The lowest BCUT2D eigenvalue weighted by atomic mass is 9.99. The van der Waals surface area contributed by atoms with Crippen molar-refractivity contribution in [2.45, 2.75) is 39.9 Å². The number of pyridine rings is 1. The van der Waals surface area contributed by atoms with E-state index in [1.165, 1.54) is 20.1 Å². The maximum atomic E-state index is 12.9. The number of methoxy groups -OCH3 is 1. The summed E-state index contributed by atoms with van der Waals surface area (Å²) in [6.07, 6.45) is 3.47. The molecule has 2 aromatic heterocycles. The van der Waals surface area contributed by atoms with Gasteiger partial charge in [0.2, 0.25) is 0 Å². The number of aromatic nitrogens is 2. The summed E-state index contributed by atoms with van der Waals surface area (Å²) in [5.74, 6) is -0.523. The molecule has 3 aromatic rings. The number of fused-ring (bicyclic) bond motifs is 1. The van der Waals surface area contributed by atoms with Gasteiger partial charge in [0, 0.05) is 18.4 Å². The SMILES string of the molecule is CCOC(C)(C)c1ccn2c(-c3cc(OC)c(C(C)=O)c(OC(F)F)c3)cnc2c1. The number of carbonyl (C=O) groups is 1. The molecule has 0 aliphatic rings. The first-order chi connectivity index (χ1) is 14.2. The zero-order valence-corrected chi connectivity index (χ0v) is 17.5. The van der Waals surface area contributed by atoms with Crippen molar-refractivity contribution in [3.8, 4) is 22.8 Å². The van der Waals surface area contributed by atoms with Crippen molar-refractivity contribution in [1.29, 1.82) is 0 Å². The maximum absolute atomic E-state index is 12.9. The Morgan fingerprint density at radius 1 is 1.23 bits per heavy atom. The van der Waals surface area contributed by atoms with Crippen LogP contribution in [0.15, 0.2) is 36.7 Å². The normalized spacial score (nSPS) is 11.9. The Morgan fingerprint density at radius 3 is 2.53 bits per heavy atom.